The largest absolute Gasteiger partial charge is 0.497 e. The molecule has 0 aliphatic rings. The Kier molecular flexibility index (Phi) is 5.03. The molecule has 0 atom stereocenters. The predicted octanol–water partition coefficient (Wildman–Crippen LogP) is 3.21. The first-order chi connectivity index (χ1) is 9.31. The maximum Gasteiger partial charge on any atom is 0.144 e. The molecule has 2 aromatic rings. The Labute approximate surface area is 117 Å². The molecule has 0 spiro atoms. The lowest BCUT2D eigenvalue weighted by Gasteiger charge is -2.05. The van der Waals surface area contributed by atoms with Crippen LogP contribution in [0.5, 0.6) is 5.75 Å². The van der Waals surface area contributed by atoms with Crippen LogP contribution in [-0.2, 0) is 5.75 Å². The van der Waals surface area contributed by atoms with Gasteiger partial charge in [0.15, 0.2) is 0 Å². The fraction of sp³-hybridized carbons (Fsp3) is 0.286. The Morgan fingerprint density at radius 2 is 2.16 bits per heavy atom. The van der Waals surface area contributed by atoms with E-state index in [1.807, 2.05) is 31.3 Å². The summed E-state index contributed by atoms with van der Waals surface area (Å²) >= 11 is 1.72. The number of benzene rings is 1. The lowest BCUT2D eigenvalue weighted by Crippen LogP contribution is -2.00. The highest BCUT2D eigenvalue weighted by Gasteiger charge is 2.00. The van der Waals surface area contributed by atoms with Gasteiger partial charge in [0.2, 0.25) is 0 Å². The van der Waals surface area contributed by atoms with E-state index in [4.69, 9.17) is 4.74 Å². The molecular formula is C14H17N3OS. The number of nitrogens with one attached hydrogen (secondary N) is 1. The zero-order valence-electron chi connectivity index (χ0n) is 11.1. The second-order valence-corrected chi connectivity index (χ2v) is 4.94. The van der Waals surface area contributed by atoms with Gasteiger partial charge in [-0.15, -0.1) is 11.8 Å². The van der Waals surface area contributed by atoms with Crippen molar-refractivity contribution in [3.63, 3.8) is 0 Å². The second kappa shape index (κ2) is 6.99. The van der Waals surface area contributed by atoms with E-state index < -0.39 is 0 Å². The summed E-state index contributed by atoms with van der Waals surface area (Å²) < 4.78 is 5.20. The van der Waals surface area contributed by atoms with E-state index in [2.05, 4.69) is 21.4 Å². The average Bonchev–Trinajstić information content (AvgIpc) is 2.47. The fourth-order valence-electron chi connectivity index (χ4n) is 1.55. The van der Waals surface area contributed by atoms with Gasteiger partial charge in [-0.05, 0) is 25.1 Å². The molecule has 0 bridgehead atoms. The molecular weight excluding hydrogens is 258 g/mol. The van der Waals surface area contributed by atoms with Crippen LogP contribution in [-0.4, -0.2) is 23.6 Å². The first-order valence-electron chi connectivity index (χ1n) is 6.13. The normalized spacial score (nSPS) is 10.2. The van der Waals surface area contributed by atoms with Crippen LogP contribution in [0.1, 0.15) is 12.6 Å². The molecule has 0 aliphatic heterocycles. The first-order valence-corrected chi connectivity index (χ1v) is 7.12. The summed E-state index contributed by atoms with van der Waals surface area (Å²) in [6.07, 6.45) is 3.58. The maximum absolute atomic E-state index is 5.20. The summed E-state index contributed by atoms with van der Waals surface area (Å²) in [5, 5.41) is 3.13. The molecule has 0 fully saturated rings. The van der Waals surface area contributed by atoms with E-state index in [0.29, 0.717) is 0 Å². The zero-order valence-corrected chi connectivity index (χ0v) is 11.9. The second-order valence-electron chi connectivity index (χ2n) is 3.89. The first kappa shape index (κ1) is 13.7. The summed E-state index contributed by atoms with van der Waals surface area (Å²) in [6.45, 7) is 2.89. The van der Waals surface area contributed by atoms with Gasteiger partial charge in [0.25, 0.3) is 0 Å². The third-order valence-corrected chi connectivity index (χ3v) is 3.52. The van der Waals surface area contributed by atoms with Gasteiger partial charge >= 0.3 is 0 Å². The lowest BCUT2D eigenvalue weighted by molar-refractivity contribution is 0.413. The number of hydrogen-bond acceptors (Lipinski definition) is 5. The number of hydrogen-bond donors (Lipinski definition) is 1. The summed E-state index contributed by atoms with van der Waals surface area (Å²) in [7, 11) is 1.68. The van der Waals surface area contributed by atoms with Gasteiger partial charge in [0, 0.05) is 17.2 Å². The fourth-order valence-corrected chi connectivity index (χ4v) is 2.39. The van der Waals surface area contributed by atoms with Crippen molar-refractivity contribution in [2.45, 2.75) is 17.6 Å². The van der Waals surface area contributed by atoms with Crippen molar-refractivity contribution in [3.05, 3.63) is 42.4 Å². The quantitative estimate of drug-likeness (QED) is 0.820. The summed E-state index contributed by atoms with van der Waals surface area (Å²) in [6, 6.07) is 8.01. The summed E-state index contributed by atoms with van der Waals surface area (Å²) in [5.74, 6) is 2.49. The number of rotatable bonds is 6. The molecule has 4 nitrogen and oxygen atoms in total. The Morgan fingerprint density at radius 1 is 1.26 bits per heavy atom. The van der Waals surface area contributed by atoms with Gasteiger partial charge < -0.3 is 10.1 Å². The van der Waals surface area contributed by atoms with Crippen LogP contribution >= 0.6 is 11.8 Å². The summed E-state index contributed by atoms with van der Waals surface area (Å²) in [4.78, 5) is 9.84. The van der Waals surface area contributed by atoms with Gasteiger partial charge in [0.05, 0.1) is 25.2 Å². The number of methoxy groups -OCH3 is 1. The third-order valence-electron chi connectivity index (χ3n) is 2.49. The zero-order chi connectivity index (χ0) is 13.5. The molecule has 1 heterocycles. The number of anilines is 1. The van der Waals surface area contributed by atoms with E-state index >= 15 is 0 Å². The highest BCUT2D eigenvalue weighted by molar-refractivity contribution is 7.98. The minimum absolute atomic E-state index is 0.798. The SMILES string of the molecule is CCNc1cnc(CSc2cccc(OC)c2)cn1. The number of nitrogens with zero attached hydrogens (tertiary/aromatic N) is 2. The molecule has 100 valence electrons. The third kappa shape index (κ3) is 4.13. The number of thioether (sulfide) groups is 1. The Hall–Kier alpha value is -1.75. The van der Waals surface area contributed by atoms with E-state index in [0.717, 1.165) is 34.5 Å². The van der Waals surface area contributed by atoms with Crippen LogP contribution in [0.25, 0.3) is 0 Å². The van der Waals surface area contributed by atoms with Gasteiger partial charge in [-0.2, -0.15) is 0 Å². The molecule has 5 heteroatoms. The van der Waals surface area contributed by atoms with Crippen molar-refractivity contribution in [2.24, 2.45) is 0 Å². The van der Waals surface area contributed by atoms with Crippen molar-refractivity contribution < 1.29 is 4.74 Å². The molecule has 0 aliphatic carbocycles. The molecule has 1 aromatic heterocycles. The Balaban J connectivity index is 1.94. The van der Waals surface area contributed by atoms with Crippen LogP contribution in [0, 0.1) is 0 Å². The van der Waals surface area contributed by atoms with Crippen LogP contribution in [0.2, 0.25) is 0 Å². The molecule has 1 N–H and O–H groups in total. The highest BCUT2D eigenvalue weighted by Crippen LogP contribution is 2.25. The molecule has 0 unspecified atom stereocenters. The van der Waals surface area contributed by atoms with Crippen LogP contribution in [0.3, 0.4) is 0 Å². The minimum atomic E-state index is 0.798. The summed E-state index contributed by atoms with van der Waals surface area (Å²) in [5.41, 5.74) is 0.967. The van der Waals surface area contributed by atoms with Crippen molar-refractivity contribution in [1.82, 2.24) is 9.97 Å². The number of aromatic nitrogens is 2. The smallest absolute Gasteiger partial charge is 0.144 e. The monoisotopic (exact) mass is 275 g/mol. The average molecular weight is 275 g/mol. The lowest BCUT2D eigenvalue weighted by atomic mass is 10.3. The van der Waals surface area contributed by atoms with Crippen LogP contribution in [0.4, 0.5) is 5.82 Å². The molecule has 0 amide bonds. The van der Waals surface area contributed by atoms with Gasteiger partial charge in [0.1, 0.15) is 11.6 Å². The van der Waals surface area contributed by atoms with Gasteiger partial charge in [-0.1, -0.05) is 6.07 Å². The molecule has 0 saturated carbocycles. The van der Waals surface area contributed by atoms with E-state index in [9.17, 15) is 0 Å². The van der Waals surface area contributed by atoms with E-state index in [1.54, 1.807) is 25.1 Å². The topological polar surface area (TPSA) is 47.0 Å². The molecule has 2 rings (SSSR count). The maximum atomic E-state index is 5.20. The van der Waals surface area contributed by atoms with E-state index in [1.165, 1.54) is 0 Å². The van der Waals surface area contributed by atoms with Crippen LogP contribution < -0.4 is 10.1 Å². The van der Waals surface area contributed by atoms with Gasteiger partial charge in [-0.3, -0.25) is 4.98 Å². The van der Waals surface area contributed by atoms with Crippen molar-refractivity contribution in [1.29, 1.82) is 0 Å². The standard InChI is InChI=1S/C14H17N3OS/c1-3-15-14-9-16-11(8-17-14)10-19-13-6-4-5-12(7-13)18-2/h4-9H,3,10H2,1-2H3,(H,15,17). The van der Waals surface area contributed by atoms with Crippen molar-refractivity contribution in [3.8, 4) is 5.75 Å². The minimum Gasteiger partial charge on any atom is -0.497 e. The van der Waals surface area contributed by atoms with Gasteiger partial charge in [-0.25, -0.2) is 4.98 Å². The molecule has 1 aromatic carbocycles. The van der Waals surface area contributed by atoms with Crippen molar-refractivity contribution in [2.75, 3.05) is 19.0 Å². The van der Waals surface area contributed by atoms with E-state index in [-0.39, 0.29) is 0 Å². The number of ether oxygens (including phenoxy) is 1. The predicted molar refractivity (Wildman–Crippen MR) is 78.8 cm³/mol. The highest BCUT2D eigenvalue weighted by atomic mass is 32.2. The Morgan fingerprint density at radius 3 is 2.84 bits per heavy atom. The molecule has 0 saturated heterocycles. The molecule has 19 heavy (non-hydrogen) atoms. The Bertz CT molecular complexity index is 516. The van der Waals surface area contributed by atoms with Crippen molar-refractivity contribution >= 4 is 17.6 Å². The molecule has 0 radical (unpaired) electrons. The van der Waals surface area contributed by atoms with Crippen LogP contribution in [0.15, 0.2) is 41.6 Å².